The SMILES string of the molecule is CC.CC(C)(O)CCOc1c(-c2ccc(S(C)(=O)=O)cc2)cnn(-c2ccc(P)c(F)c2)c1=O.NSO. The summed E-state index contributed by atoms with van der Waals surface area (Å²) in [6, 6.07) is 10.2. The highest BCUT2D eigenvalue weighted by atomic mass is 32.2. The van der Waals surface area contributed by atoms with Gasteiger partial charge in [0.25, 0.3) is 0 Å². The normalized spacial score (nSPS) is 11.1. The van der Waals surface area contributed by atoms with Crippen LogP contribution in [0.1, 0.15) is 34.1 Å². The van der Waals surface area contributed by atoms with Crippen LogP contribution in [0.5, 0.6) is 5.75 Å². The maximum atomic E-state index is 14.0. The largest absolute Gasteiger partial charge is 0.487 e. The first-order chi connectivity index (χ1) is 17.3. The van der Waals surface area contributed by atoms with Crippen molar-refractivity contribution in [3.63, 3.8) is 0 Å². The summed E-state index contributed by atoms with van der Waals surface area (Å²) < 4.78 is 51.6. The molecule has 1 unspecified atom stereocenters. The standard InChI is InChI=1S/C22H24FN2O5PS.C2H6.H3NOS/c1-22(2,27)10-11-30-20-17(14-4-7-16(8-5-14)32(3,28)29)13-24-25(21(20)26)15-6-9-19(31)18(23)12-15;1-2;1-3-2/h4-9,12-13,27H,10-11,31H2,1-3H3;1-2H3;2H,1H2. The highest BCUT2D eigenvalue weighted by molar-refractivity contribution is 7.91. The number of halogens is 1. The Morgan fingerprint density at radius 1 is 1.19 bits per heavy atom. The zero-order chi connectivity index (χ0) is 28.4. The minimum atomic E-state index is -3.38. The summed E-state index contributed by atoms with van der Waals surface area (Å²) in [6.07, 6.45) is 2.77. The van der Waals surface area contributed by atoms with Gasteiger partial charge in [-0.1, -0.05) is 26.0 Å². The van der Waals surface area contributed by atoms with Crippen molar-refractivity contribution in [1.29, 1.82) is 0 Å². The quantitative estimate of drug-likeness (QED) is 0.219. The first-order valence-electron chi connectivity index (χ1n) is 11.1. The van der Waals surface area contributed by atoms with Gasteiger partial charge in [-0.25, -0.2) is 12.8 Å². The van der Waals surface area contributed by atoms with Crippen molar-refractivity contribution in [2.24, 2.45) is 5.14 Å². The second-order valence-electron chi connectivity index (χ2n) is 8.12. The molecule has 0 bridgehead atoms. The van der Waals surface area contributed by atoms with Crippen LogP contribution in [0.25, 0.3) is 16.8 Å². The average molecular weight is 574 g/mol. The first kappa shape index (κ1) is 32.7. The Bertz CT molecular complexity index is 1330. The molecule has 0 amide bonds. The molecule has 0 aliphatic rings. The van der Waals surface area contributed by atoms with E-state index in [0.29, 0.717) is 16.4 Å². The summed E-state index contributed by atoms with van der Waals surface area (Å²) >= 11 is 0.250. The molecule has 37 heavy (non-hydrogen) atoms. The second kappa shape index (κ2) is 14.6. The fourth-order valence-electron chi connectivity index (χ4n) is 2.90. The van der Waals surface area contributed by atoms with Crippen molar-refractivity contribution in [3.8, 4) is 22.6 Å². The molecule has 4 N–H and O–H groups in total. The number of aliphatic hydroxyl groups is 1. The van der Waals surface area contributed by atoms with Gasteiger partial charge in [0, 0.05) is 29.6 Å². The van der Waals surface area contributed by atoms with Gasteiger partial charge in [-0.3, -0.25) is 9.93 Å². The van der Waals surface area contributed by atoms with Crippen LogP contribution in [-0.4, -0.2) is 46.3 Å². The lowest BCUT2D eigenvalue weighted by Gasteiger charge is -2.18. The van der Waals surface area contributed by atoms with Crippen molar-refractivity contribution in [3.05, 3.63) is 64.8 Å². The highest BCUT2D eigenvalue weighted by Gasteiger charge is 2.19. The first-order valence-corrected chi connectivity index (χ1v) is 14.4. The Kier molecular flexibility index (Phi) is 12.9. The van der Waals surface area contributed by atoms with Crippen LogP contribution in [0.2, 0.25) is 0 Å². The second-order valence-corrected chi connectivity index (χ2v) is 11.0. The number of ether oxygens (including phenoxy) is 1. The van der Waals surface area contributed by atoms with E-state index in [4.69, 9.17) is 9.29 Å². The van der Waals surface area contributed by atoms with Gasteiger partial charge in [0.2, 0.25) is 0 Å². The third kappa shape index (κ3) is 9.81. The minimum absolute atomic E-state index is 0.0355. The predicted octanol–water partition coefficient (Wildman–Crippen LogP) is 3.57. The van der Waals surface area contributed by atoms with E-state index in [1.165, 1.54) is 30.5 Å². The molecule has 204 valence electrons. The molecular formula is C24H33FN3O6PS2. The van der Waals surface area contributed by atoms with Crippen molar-refractivity contribution >= 4 is 36.6 Å². The molecule has 2 aromatic carbocycles. The van der Waals surface area contributed by atoms with Crippen LogP contribution in [0.15, 0.2) is 58.4 Å². The number of benzene rings is 2. The monoisotopic (exact) mass is 573 g/mol. The molecule has 9 nitrogen and oxygen atoms in total. The van der Waals surface area contributed by atoms with Gasteiger partial charge in [-0.15, -0.1) is 9.24 Å². The third-order valence-electron chi connectivity index (χ3n) is 4.72. The summed E-state index contributed by atoms with van der Waals surface area (Å²) in [4.78, 5) is 13.4. The van der Waals surface area contributed by atoms with Gasteiger partial charge < -0.3 is 14.4 Å². The van der Waals surface area contributed by atoms with Crippen LogP contribution in [0.3, 0.4) is 0 Å². The Morgan fingerprint density at radius 3 is 2.24 bits per heavy atom. The van der Waals surface area contributed by atoms with Gasteiger partial charge in [-0.05, 0) is 43.7 Å². The topological polar surface area (TPSA) is 145 Å². The molecule has 0 spiro atoms. The van der Waals surface area contributed by atoms with Crippen LogP contribution >= 0.6 is 21.5 Å². The van der Waals surface area contributed by atoms with Gasteiger partial charge >= 0.3 is 5.56 Å². The van der Waals surface area contributed by atoms with Crippen molar-refractivity contribution in [1.82, 2.24) is 9.78 Å². The molecule has 0 saturated heterocycles. The number of aromatic nitrogens is 2. The minimum Gasteiger partial charge on any atom is -0.487 e. The van der Waals surface area contributed by atoms with E-state index >= 15 is 0 Å². The lowest BCUT2D eigenvalue weighted by Crippen LogP contribution is -2.27. The summed E-state index contributed by atoms with van der Waals surface area (Å²) in [7, 11) is -1.11. The summed E-state index contributed by atoms with van der Waals surface area (Å²) in [5.41, 5.74) is -0.503. The van der Waals surface area contributed by atoms with E-state index < -0.39 is 26.8 Å². The summed E-state index contributed by atoms with van der Waals surface area (Å²) in [5.74, 6) is -0.544. The van der Waals surface area contributed by atoms with E-state index in [9.17, 15) is 22.7 Å². The van der Waals surface area contributed by atoms with Crippen LogP contribution < -0.4 is 20.7 Å². The smallest absolute Gasteiger partial charge is 0.314 e. The third-order valence-corrected chi connectivity index (χ3v) is 6.31. The molecule has 1 aromatic heterocycles. The molecule has 0 saturated carbocycles. The summed E-state index contributed by atoms with van der Waals surface area (Å²) in [6.45, 7) is 7.30. The van der Waals surface area contributed by atoms with Crippen LogP contribution in [-0.2, 0) is 9.84 Å². The fourth-order valence-corrected chi connectivity index (χ4v) is 3.71. The van der Waals surface area contributed by atoms with E-state index in [0.717, 1.165) is 10.9 Å². The van der Waals surface area contributed by atoms with Gasteiger partial charge in [0.05, 0.1) is 41.2 Å². The van der Waals surface area contributed by atoms with Gasteiger partial charge in [0.15, 0.2) is 15.6 Å². The number of hydrogen-bond donors (Lipinski definition) is 3. The van der Waals surface area contributed by atoms with Crippen LogP contribution in [0.4, 0.5) is 4.39 Å². The van der Waals surface area contributed by atoms with Crippen molar-refractivity contribution in [2.45, 2.75) is 44.6 Å². The molecule has 0 aliphatic heterocycles. The average Bonchev–Trinajstić information content (AvgIpc) is 2.82. The Balaban J connectivity index is 0.00000127. The molecule has 1 atom stereocenters. The molecule has 13 heteroatoms. The molecule has 0 radical (unpaired) electrons. The molecular weight excluding hydrogens is 540 g/mol. The molecule has 1 heterocycles. The Hall–Kier alpha value is -2.34. The maximum absolute atomic E-state index is 14.0. The number of rotatable bonds is 7. The van der Waals surface area contributed by atoms with Gasteiger partial charge in [0.1, 0.15) is 5.82 Å². The van der Waals surface area contributed by atoms with E-state index in [1.807, 2.05) is 13.8 Å². The highest BCUT2D eigenvalue weighted by Crippen LogP contribution is 2.28. The molecule has 3 rings (SSSR count). The Labute approximate surface area is 223 Å². The fraction of sp³-hybridized carbons (Fsp3) is 0.333. The zero-order valence-electron chi connectivity index (χ0n) is 21.3. The summed E-state index contributed by atoms with van der Waals surface area (Å²) in [5, 5.41) is 18.8. The Morgan fingerprint density at radius 2 is 1.76 bits per heavy atom. The molecule has 0 aliphatic carbocycles. The molecule has 0 fully saturated rings. The number of hydrogen-bond acceptors (Lipinski definition) is 9. The number of nitrogens with two attached hydrogens (primary N) is 1. The lowest BCUT2D eigenvalue weighted by atomic mass is 10.1. The van der Waals surface area contributed by atoms with Gasteiger partial charge in [-0.2, -0.15) is 9.78 Å². The molecule has 3 aromatic rings. The lowest BCUT2D eigenvalue weighted by molar-refractivity contribution is 0.0551. The van der Waals surface area contributed by atoms with Crippen molar-refractivity contribution < 1.29 is 27.2 Å². The van der Waals surface area contributed by atoms with Crippen molar-refractivity contribution in [2.75, 3.05) is 12.9 Å². The number of nitrogens with zero attached hydrogens (tertiary/aromatic N) is 2. The zero-order valence-corrected chi connectivity index (χ0v) is 24.1. The van der Waals surface area contributed by atoms with Crippen LogP contribution in [0, 0.1) is 5.82 Å². The van der Waals surface area contributed by atoms with E-state index in [2.05, 4.69) is 19.5 Å². The predicted molar refractivity (Wildman–Crippen MR) is 150 cm³/mol. The van der Waals surface area contributed by atoms with E-state index in [-0.39, 0.29) is 41.6 Å². The number of sulfone groups is 1. The van der Waals surface area contributed by atoms with E-state index in [1.54, 1.807) is 32.0 Å². The maximum Gasteiger partial charge on any atom is 0.314 e.